The number of aromatic hydroxyl groups is 1. The molecule has 0 saturated carbocycles. The summed E-state index contributed by atoms with van der Waals surface area (Å²) in [7, 11) is 1.76. The summed E-state index contributed by atoms with van der Waals surface area (Å²) in [5.74, 6) is -0.661. The Morgan fingerprint density at radius 3 is 2.78 bits per heavy atom. The van der Waals surface area contributed by atoms with E-state index in [9.17, 15) is 9.18 Å². The summed E-state index contributed by atoms with van der Waals surface area (Å²) in [6.07, 6.45) is 0. The molecule has 2 N–H and O–H groups in total. The molecule has 0 saturated heterocycles. The number of nitrogens with one attached hydrogen (secondary N) is 1. The molecule has 4 nitrogen and oxygen atoms in total. The molecule has 0 spiro atoms. The van der Waals surface area contributed by atoms with Crippen molar-refractivity contribution in [1.82, 2.24) is 10.2 Å². The summed E-state index contributed by atoms with van der Waals surface area (Å²) < 4.78 is 13.7. The summed E-state index contributed by atoms with van der Waals surface area (Å²) in [5.41, 5.74) is 0.458. The van der Waals surface area contributed by atoms with Crippen molar-refractivity contribution >= 4 is 5.91 Å². The summed E-state index contributed by atoms with van der Waals surface area (Å²) in [4.78, 5) is 13.2. The maximum atomic E-state index is 13.7. The van der Waals surface area contributed by atoms with Gasteiger partial charge < -0.3 is 10.4 Å². The molecule has 0 bridgehead atoms. The summed E-state index contributed by atoms with van der Waals surface area (Å²) in [6, 6.07) is 3.80. The number of carbonyl (C=O) groups is 1. The van der Waals surface area contributed by atoms with Crippen molar-refractivity contribution in [2.24, 2.45) is 0 Å². The van der Waals surface area contributed by atoms with Crippen molar-refractivity contribution in [3.05, 3.63) is 29.6 Å². The zero-order valence-electron chi connectivity index (χ0n) is 10.9. The molecule has 1 rings (SSSR count). The van der Waals surface area contributed by atoms with Gasteiger partial charge in [0.1, 0.15) is 11.6 Å². The molecular formula is C13H19FN2O2. The first-order valence-electron chi connectivity index (χ1n) is 5.91. The van der Waals surface area contributed by atoms with Crippen LogP contribution in [0.1, 0.15) is 25.5 Å². The zero-order valence-corrected chi connectivity index (χ0v) is 10.9. The van der Waals surface area contributed by atoms with E-state index in [1.54, 1.807) is 11.9 Å². The van der Waals surface area contributed by atoms with Crippen LogP contribution in [0.5, 0.6) is 5.75 Å². The van der Waals surface area contributed by atoms with Gasteiger partial charge in [-0.3, -0.25) is 9.69 Å². The van der Waals surface area contributed by atoms with Gasteiger partial charge >= 0.3 is 0 Å². The minimum Gasteiger partial charge on any atom is -0.508 e. The standard InChI is InChI=1S/C13H19FN2O2/c1-4-15-13(18)8-16(3)9(2)11-6-5-10(17)7-12(11)14/h5-7,9,17H,4,8H2,1-3H3,(H,15,18). The second-order valence-electron chi connectivity index (χ2n) is 4.25. The normalized spacial score (nSPS) is 12.5. The number of carbonyl (C=O) groups excluding carboxylic acids is 1. The molecular weight excluding hydrogens is 235 g/mol. The zero-order chi connectivity index (χ0) is 13.7. The molecule has 1 amide bonds. The SMILES string of the molecule is CCNC(=O)CN(C)C(C)c1ccc(O)cc1F. The second kappa shape index (κ2) is 6.35. The average Bonchev–Trinajstić information content (AvgIpc) is 2.28. The number of hydrogen-bond acceptors (Lipinski definition) is 3. The Hall–Kier alpha value is -1.62. The van der Waals surface area contributed by atoms with Crippen molar-refractivity contribution < 1.29 is 14.3 Å². The predicted molar refractivity (Wildman–Crippen MR) is 67.8 cm³/mol. The minimum atomic E-state index is -0.467. The maximum absolute atomic E-state index is 13.7. The number of halogens is 1. The van der Waals surface area contributed by atoms with Crippen LogP contribution in [0.25, 0.3) is 0 Å². The van der Waals surface area contributed by atoms with Gasteiger partial charge in [-0.25, -0.2) is 4.39 Å². The molecule has 0 heterocycles. The predicted octanol–water partition coefficient (Wildman–Crippen LogP) is 1.66. The molecule has 0 aromatic heterocycles. The Balaban J connectivity index is 2.73. The Kier molecular flexibility index (Phi) is 5.09. The van der Waals surface area contributed by atoms with E-state index in [1.807, 2.05) is 13.8 Å². The van der Waals surface area contributed by atoms with Crippen LogP contribution < -0.4 is 5.32 Å². The molecule has 0 aliphatic carbocycles. The van der Waals surface area contributed by atoms with Crippen LogP contribution in [0, 0.1) is 5.82 Å². The second-order valence-corrected chi connectivity index (χ2v) is 4.25. The molecule has 5 heteroatoms. The molecule has 1 aromatic carbocycles. The van der Waals surface area contributed by atoms with Crippen molar-refractivity contribution in [3.63, 3.8) is 0 Å². The Morgan fingerprint density at radius 1 is 1.56 bits per heavy atom. The number of nitrogens with zero attached hydrogens (tertiary/aromatic N) is 1. The fourth-order valence-corrected chi connectivity index (χ4v) is 1.71. The number of phenols is 1. The van der Waals surface area contributed by atoms with E-state index < -0.39 is 5.82 Å². The first-order chi connectivity index (χ1) is 8.45. The summed E-state index contributed by atoms with van der Waals surface area (Å²) in [6.45, 7) is 4.44. The third kappa shape index (κ3) is 3.70. The van der Waals surface area contributed by atoms with E-state index >= 15 is 0 Å². The van der Waals surface area contributed by atoms with Gasteiger partial charge in [0.25, 0.3) is 0 Å². The van der Waals surface area contributed by atoms with Crippen LogP contribution in [0.2, 0.25) is 0 Å². The van der Waals surface area contributed by atoms with Crippen molar-refractivity contribution in [2.75, 3.05) is 20.1 Å². The van der Waals surface area contributed by atoms with Crippen LogP contribution in [0.3, 0.4) is 0 Å². The molecule has 0 aliphatic rings. The van der Waals surface area contributed by atoms with Gasteiger partial charge in [0.2, 0.25) is 5.91 Å². The highest BCUT2D eigenvalue weighted by Gasteiger charge is 2.17. The van der Waals surface area contributed by atoms with Gasteiger partial charge in [-0.1, -0.05) is 6.07 Å². The Morgan fingerprint density at radius 2 is 2.22 bits per heavy atom. The molecule has 1 aromatic rings. The van der Waals surface area contributed by atoms with Crippen LogP contribution in [-0.2, 0) is 4.79 Å². The molecule has 0 aliphatic heterocycles. The van der Waals surface area contributed by atoms with Gasteiger partial charge in [0.05, 0.1) is 6.54 Å². The highest BCUT2D eigenvalue weighted by Crippen LogP contribution is 2.24. The van der Waals surface area contributed by atoms with E-state index in [0.717, 1.165) is 6.07 Å². The largest absolute Gasteiger partial charge is 0.508 e. The lowest BCUT2D eigenvalue weighted by Crippen LogP contribution is -2.36. The summed E-state index contributed by atoms with van der Waals surface area (Å²) >= 11 is 0. The molecule has 100 valence electrons. The van der Waals surface area contributed by atoms with Crippen LogP contribution >= 0.6 is 0 Å². The minimum absolute atomic E-state index is 0.0916. The molecule has 1 unspecified atom stereocenters. The quantitative estimate of drug-likeness (QED) is 0.840. The van der Waals surface area contributed by atoms with Crippen LogP contribution in [-0.4, -0.2) is 36.1 Å². The topological polar surface area (TPSA) is 52.6 Å². The molecule has 0 radical (unpaired) electrons. The van der Waals surface area contributed by atoms with Gasteiger partial charge in [-0.2, -0.15) is 0 Å². The average molecular weight is 254 g/mol. The van der Waals surface area contributed by atoms with Gasteiger partial charge in [0, 0.05) is 24.2 Å². The highest BCUT2D eigenvalue weighted by molar-refractivity contribution is 5.77. The van der Waals surface area contributed by atoms with Crippen LogP contribution in [0.4, 0.5) is 4.39 Å². The van der Waals surface area contributed by atoms with Gasteiger partial charge in [-0.15, -0.1) is 0 Å². The maximum Gasteiger partial charge on any atom is 0.234 e. The lowest BCUT2D eigenvalue weighted by Gasteiger charge is -2.24. The molecule has 1 atom stereocenters. The highest BCUT2D eigenvalue weighted by atomic mass is 19.1. The number of likely N-dealkylation sites (N-methyl/N-ethyl adjacent to an activating group) is 2. The third-order valence-electron chi connectivity index (χ3n) is 2.86. The summed E-state index contributed by atoms with van der Waals surface area (Å²) in [5, 5.41) is 11.8. The van der Waals surface area contributed by atoms with Crippen LogP contribution in [0.15, 0.2) is 18.2 Å². The van der Waals surface area contributed by atoms with Gasteiger partial charge in [0.15, 0.2) is 0 Å². The van der Waals surface area contributed by atoms with E-state index in [4.69, 9.17) is 5.11 Å². The van der Waals surface area contributed by atoms with E-state index in [-0.39, 0.29) is 24.2 Å². The molecule has 18 heavy (non-hydrogen) atoms. The number of benzene rings is 1. The first-order valence-corrected chi connectivity index (χ1v) is 5.91. The van der Waals surface area contributed by atoms with E-state index in [1.165, 1.54) is 12.1 Å². The Labute approximate surface area is 106 Å². The fraction of sp³-hybridized carbons (Fsp3) is 0.462. The first kappa shape index (κ1) is 14.4. The third-order valence-corrected chi connectivity index (χ3v) is 2.86. The van der Waals surface area contributed by atoms with E-state index in [0.29, 0.717) is 12.1 Å². The number of hydrogen-bond donors (Lipinski definition) is 2. The van der Waals surface area contributed by atoms with Crippen molar-refractivity contribution in [2.45, 2.75) is 19.9 Å². The van der Waals surface area contributed by atoms with Crippen molar-refractivity contribution in [3.8, 4) is 5.75 Å². The number of phenolic OH excluding ortho intramolecular Hbond substituents is 1. The van der Waals surface area contributed by atoms with Crippen molar-refractivity contribution in [1.29, 1.82) is 0 Å². The number of amides is 1. The molecule has 0 fully saturated rings. The van der Waals surface area contributed by atoms with Gasteiger partial charge in [-0.05, 0) is 27.0 Å². The monoisotopic (exact) mass is 254 g/mol. The Bertz CT molecular complexity index is 423. The lowest BCUT2D eigenvalue weighted by atomic mass is 10.1. The lowest BCUT2D eigenvalue weighted by molar-refractivity contribution is -0.122. The number of rotatable bonds is 5. The fourth-order valence-electron chi connectivity index (χ4n) is 1.71. The van der Waals surface area contributed by atoms with E-state index in [2.05, 4.69) is 5.32 Å². The smallest absolute Gasteiger partial charge is 0.234 e.